The molecular formula is C33H28Cl2Zr-2. The van der Waals surface area contributed by atoms with Gasteiger partial charge in [-0.15, -0.1) is 57.9 Å². The van der Waals surface area contributed by atoms with Crippen LogP contribution in [0.5, 0.6) is 0 Å². The van der Waals surface area contributed by atoms with E-state index in [0.717, 1.165) is 0 Å². The molecule has 0 unspecified atom stereocenters. The monoisotopic (exact) mass is 584 g/mol. The van der Waals surface area contributed by atoms with Crippen LogP contribution in [0.25, 0.3) is 43.8 Å². The van der Waals surface area contributed by atoms with Gasteiger partial charge in [0, 0.05) is 0 Å². The minimum atomic E-state index is -1.84. The summed E-state index contributed by atoms with van der Waals surface area (Å²) in [5, 5.41) is 5.31. The molecular weight excluding hydrogens is 558 g/mol. The van der Waals surface area contributed by atoms with Crippen molar-refractivity contribution < 1.29 is 18.9 Å². The number of fused-ring (bicyclic) bond motifs is 2. The van der Waals surface area contributed by atoms with Crippen molar-refractivity contribution in [2.75, 3.05) is 0 Å². The van der Waals surface area contributed by atoms with E-state index in [2.05, 4.69) is 133 Å². The van der Waals surface area contributed by atoms with Crippen molar-refractivity contribution in [3.05, 3.63) is 133 Å². The third-order valence-electron chi connectivity index (χ3n) is 5.90. The summed E-state index contributed by atoms with van der Waals surface area (Å²) in [6.45, 7) is 3.96. The fourth-order valence-corrected chi connectivity index (χ4v) is 4.06. The van der Waals surface area contributed by atoms with Crippen molar-refractivity contribution in [1.29, 1.82) is 0 Å². The molecule has 0 nitrogen and oxygen atoms in total. The summed E-state index contributed by atoms with van der Waals surface area (Å²) >= 11 is -1.84. The second-order valence-corrected chi connectivity index (χ2v) is 18.0. The molecule has 6 aromatic carbocycles. The number of halogens is 2. The summed E-state index contributed by atoms with van der Waals surface area (Å²) < 4.78 is 1.24. The van der Waals surface area contributed by atoms with E-state index in [4.69, 9.17) is 17.0 Å². The molecule has 0 aliphatic carbocycles. The molecule has 0 spiro atoms. The van der Waals surface area contributed by atoms with Crippen LogP contribution in [0.2, 0.25) is 0 Å². The average Bonchev–Trinajstić information content (AvgIpc) is 3.60. The summed E-state index contributed by atoms with van der Waals surface area (Å²) in [5.41, 5.74) is 5.21. The maximum absolute atomic E-state index is 5.54. The van der Waals surface area contributed by atoms with Crippen LogP contribution in [0.3, 0.4) is 0 Å². The molecule has 36 heavy (non-hydrogen) atoms. The first kappa shape index (κ1) is 26.5. The Bertz CT molecular complexity index is 1430. The van der Waals surface area contributed by atoms with E-state index >= 15 is 0 Å². The zero-order valence-electron chi connectivity index (χ0n) is 20.5. The van der Waals surface area contributed by atoms with Crippen LogP contribution < -0.4 is 0 Å². The molecule has 6 aromatic rings. The zero-order valence-corrected chi connectivity index (χ0v) is 24.4. The molecule has 0 heterocycles. The molecule has 3 heteroatoms. The van der Waals surface area contributed by atoms with Gasteiger partial charge in [0.25, 0.3) is 0 Å². The predicted molar refractivity (Wildman–Crippen MR) is 158 cm³/mol. The van der Waals surface area contributed by atoms with Gasteiger partial charge in [-0.2, -0.15) is 24.3 Å². The minimum Gasteiger partial charge on any atom is -0.168 e. The van der Waals surface area contributed by atoms with E-state index < -0.39 is 18.9 Å². The van der Waals surface area contributed by atoms with Crippen LogP contribution >= 0.6 is 17.0 Å². The fourth-order valence-electron chi connectivity index (χ4n) is 4.06. The molecule has 0 fully saturated rings. The van der Waals surface area contributed by atoms with Crippen molar-refractivity contribution in [1.82, 2.24) is 0 Å². The Labute approximate surface area is 228 Å². The number of hydrogen-bond acceptors (Lipinski definition) is 0. The first-order chi connectivity index (χ1) is 17.5. The Kier molecular flexibility index (Phi) is 9.65. The van der Waals surface area contributed by atoms with E-state index in [1.165, 1.54) is 47.0 Å². The largest absolute Gasteiger partial charge is 0.168 e. The molecule has 0 aromatic heterocycles. The Morgan fingerprint density at radius 1 is 0.528 bits per heavy atom. The van der Waals surface area contributed by atoms with Gasteiger partial charge in [0.15, 0.2) is 0 Å². The Morgan fingerprint density at radius 2 is 0.917 bits per heavy atom. The second-order valence-electron chi connectivity index (χ2n) is 8.66. The first-order valence-corrected chi connectivity index (χ1v) is 19.5. The quantitative estimate of drug-likeness (QED) is 0.177. The van der Waals surface area contributed by atoms with Crippen molar-refractivity contribution in [2.24, 2.45) is 0 Å². The summed E-state index contributed by atoms with van der Waals surface area (Å²) in [6, 6.07) is 46.8. The summed E-state index contributed by atoms with van der Waals surface area (Å²) in [6.07, 6.45) is 0. The van der Waals surface area contributed by atoms with Gasteiger partial charge in [-0.3, -0.25) is 0 Å². The van der Waals surface area contributed by atoms with E-state index in [1.807, 2.05) is 13.8 Å². The SMILES string of the molecule is C[C](C)=[Zr]([Cl])[Cl].c1ccc(-c2cccc3[cH-]ccc23)cc1.c1ccc(-c2cccc3[cH-]ccc23)cc1. The van der Waals surface area contributed by atoms with Gasteiger partial charge in [0.1, 0.15) is 0 Å². The molecule has 6 rings (SSSR count). The minimum absolute atomic E-state index is 1.24. The summed E-state index contributed by atoms with van der Waals surface area (Å²) in [7, 11) is 11.1. The number of hydrogen-bond donors (Lipinski definition) is 0. The molecule has 0 saturated carbocycles. The van der Waals surface area contributed by atoms with Crippen molar-refractivity contribution >= 4 is 41.8 Å². The standard InChI is InChI=1S/2C15H11.C3H6.2ClH.Zr/c2*1-2-6-12(7-3-1)14-10-4-8-13-9-5-11-15(13)14;1-3-2;;;/h2*1-11H;1-2H3;2*1H;/q2*-1;;;;+2/p-2. The van der Waals surface area contributed by atoms with Crippen LogP contribution in [-0.4, -0.2) is 3.21 Å². The Balaban J connectivity index is 0.000000139. The van der Waals surface area contributed by atoms with Crippen LogP contribution in [-0.2, 0) is 18.9 Å². The molecule has 180 valence electrons. The van der Waals surface area contributed by atoms with Gasteiger partial charge in [-0.25, -0.2) is 0 Å². The smallest absolute Gasteiger partial charge is 0.0279 e. The van der Waals surface area contributed by atoms with Crippen molar-refractivity contribution in [3.63, 3.8) is 0 Å². The van der Waals surface area contributed by atoms with E-state index in [-0.39, 0.29) is 0 Å². The van der Waals surface area contributed by atoms with Crippen LogP contribution in [0.1, 0.15) is 13.8 Å². The molecule has 0 bridgehead atoms. The van der Waals surface area contributed by atoms with Gasteiger partial charge < -0.3 is 0 Å². The Hall–Kier alpha value is -2.57. The maximum Gasteiger partial charge on any atom is -0.0279 e. The Morgan fingerprint density at radius 3 is 1.28 bits per heavy atom. The number of benzene rings is 4. The normalized spacial score (nSPS) is 10.2. The van der Waals surface area contributed by atoms with Crippen molar-refractivity contribution in [3.8, 4) is 22.3 Å². The molecule has 0 atom stereocenters. The van der Waals surface area contributed by atoms with Gasteiger partial charge in [-0.05, 0) is 11.1 Å². The second kappa shape index (κ2) is 13.1. The van der Waals surface area contributed by atoms with Crippen LogP contribution in [0.4, 0.5) is 0 Å². The van der Waals surface area contributed by atoms with E-state index in [9.17, 15) is 0 Å². The maximum atomic E-state index is 5.54. The van der Waals surface area contributed by atoms with Crippen molar-refractivity contribution in [2.45, 2.75) is 13.8 Å². The average molecular weight is 587 g/mol. The third kappa shape index (κ3) is 6.80. The fraction of sp³-hybridized carbons (Fsp3) is 0.0606. The third-order valence-corrected chi connectivity index (χ3v) is 12.2. The van der Waals surface area contributed by atoms with Gasteiger partial charge in [0.2, 0.25) is 0 Å². The molecule has 0 amide bonds. The molecule has 0 aliphatic rings. The first-order valence-electron chi connectivity index (χ1n) is 11.9. The van der Waals surface area contributed by atoms with E-state index in [0.29, 0.717) is 0 Å². The van der Waals surface area contributed by atoms with Gasteiger partial charge in [-0.1, -0.05) is 83.9 Å². The zero-order chi connectivity index (χ0) is 25.3. The predicted octanol–water partition coefficient (Wildman–Crippen LogP) is 10.6. The van der Waals surface area contributed by atoms with Crippen LogP contribution in [0.15, 0.2) is 133 Å². The van der Waals surface area contributed by atoms with E-state index in [1.54, 1.807) is 0 Å². The van der Waals surface area contributed by atoms with Gasteiger partial charge in [0.05, 0.1) is 0 Å². The van der Waals surface area contributed by atoms with Crippen LogP contribution in [0, 0.1) is 0 Å². The topological polar surface area (TPSA) is 0 Å². The molecule has 0 N–H and O–H groups in total. The molecule has 0 aliphatic heterocycles. The molecule has 0 saturated heterocycles. The molecule has 0 radical (unpaired) electrons. The number of rotatable bonds is 2. The summed E-state index contributed by atoms with van der Waals surface area (Å²) in [4.78, 5) is 0. The summed E-state index contributed by atoms with van der Waals surface area (Å²) in [5.74, 6) is 0. The van der Waals surface area contributed by atoms with Gasteiger partial charge >= 0.3 is 53.0 Å².